The lowest BCUT2D eigenvalue weighted by Gasteiger charge is -2.38. The average molecular weight is 473 g/mol. The molecule has 5 rings (SSSR count). The van der Waals surface area contributed by atoms with Crippen LogP contribution in [0.5, 0.6) is 0 Å². The van der Waals surface area contributed by atoms with Gasteiger partial charge in [-0.05, 0) is 24.6 Å². The second-order valence-corrected chi connectivity index (χ2v) is 8.58. The van der Waals surface area contributed by atoms with E-state index in [1.54, 1.807) is 7.05 Å². The summed E-state index contributed by atoms with van der Waals surface area (Å²) in [5.41, 5.74) is 9.43. The van der Waals surface area contributed by atoms with Crippen LogP contribution in [0.1, 0.15) is 12.5 Å². The number of hydrogen-bond donors (Lipinski definition) is 4. The summed E-state index contributed by atoms with van der Waals surface area (Å²) < 4.78 is 5.88. The number of hydrogen-bond acceptors (Lipinski definition) is 8. The molecule has 0 saturated carbocycles. The maximum Gasteiger partial charge on any atom is 0.251 e. The van der Waals surface area contributed by atoms with Gasteiger partial charge < -0.3 is 26.0 Å². The Hall–Kier alpha value is -4.18. The van der Waals surface area contributed by atoms with Crippen LogP contribution in [0, 0.1) is 0 Å². The molecule has 1 fully saturated rings. The summed E-state index contributed by atoms with van der Waals surface area (Å²) in [6, 6.07) is 17.6. The Morgan fingerprint density at radius 1 is 1.20 bits per heavy atom. The highest BCUT2D eigenvalue weighted by Crippen LogP contribution is 2.29. The molecule has 0 bridgehead atoms. The summed E-state index contributed by atoms with van der Waals surface area (Å²) in [6.07, 6.45) is -0.601. The first-order valence-electron chi connectivity index (χ1n) is 11.5. The van der Waals surface area contributed by atoms with E-state index in [9.17, 15) is 4.79 Å². The number of rotatable bonds is 6. The molecule has 0 spiro atoms. The minimum absolute atomic E-state index is 0.0375. The van der Waals surface area contributed by atoms with Gasteiger partial charge in [-0.15, -0.1) is 0 Å². The molecular formula is C25H28N8O2. The largest absolute Gasteiger partial charge is 0.382 e. The molecule has 2 atom stereocenters. The van der Waals surface area contributed by atoms with Crippen LogP contribution in [0.4, 0.5) is 17.6 Å². The predicted molar refractivity (Wildman–Crippen MR) is 136 cm³/mol. The smallest absolute Gasteiger partial charge is 0.251 e. The van der Waals surface area contributed by atoms with Gasteiger partial charge in [0.05, 0.1) is 30.4 Å². The maximum absolute atomic E-state index is 12.9. The second kappa shape index (κ2) is 9.59. The number of nitrogens with zero attached hydrogens (tertiary/aromatic N) is 4. The summed E-state index contributed by atoms with van der Waals surface area (Å²) in [4.78, 5) is 24.3. The molecule has 2 aromatic carbocycles. The number of anilines is 3. The van der Waals surface area contributed by atoms with Crippen molar-refractivity contribution in [3.63, 3.8) is 0 Å². The third kappa shape index (κ3) is 4.73. The standard InChI is InChI=1S/C25H28N8O2/c1-15-14-35-21(24(34)28-12-16-6-4-3-5-7-16)13-33(15)22-11-19(29-25(27-2)30-22)17-8-9-18-20(10-17)31-32-23(18)26/h3-11,15,21H,12-14H2,1-2H3,(H,28,34)(H3,26,31,32)(H,27,29,30). The summed E-state index contributed by atoms with van der Waals surface area (Å²) >= 11 is 0. The predicted octanol–water partition coefficient (Wildman–Crippen LogP) is 2.55. The van der Waals surface area contributed by atoms with Crippen LogP contribution in [0.15, 0.2) is 54.6 Å². The number of nitrogens with one attached hydrogen (secondary N) is 3. The van der Waals surface area contributed by atoms with Crippen LogP contribution in [0.25, 0.3) is 22.2 Å². The summed E-state index contributed by atoms with van der Waals surface area (Å²) in [5.74, 6) is 1.53. The maximum atomic E-state index is 12.9. The number of benzene rings is 2. The molecule has 2 aromatic heterocycles. The van der Waals surface area contributed by atoms with Gasteiger partial charge in [0.2, 0.25) is 5.95 Å². The van der Waals surface area contributed by atoms with Crippen LogP contribution in [-0.2, 0) is 16.1 Å². The highest BCUT2D eigenvalue weighted by molar-refractivity contribution is 5.91. The molecule has 1 aliphatic heterocycles. The van der Waals surface area contributed by atoms with Gasteiger partial charge in [-0.25, -0.2) is 4.98 Å². The van der Waals surface area contributed by atoms with Gasteiger partial charge in [0.1, 0.15) is 5.82 Å². The van der Waals surface area contributed by atoms with E-state index in [2.05, 4.69) is 42.6 Å². The molecule has 1 saturated heterocycles. The lowest BCUT2D eigenvalue weighted by Crippen LogP contribution is -2.54. The van der Waals surface area contributed by atoms with E-state index in [0.29, 0.717) is 31.5 Å². The monoisotopic (exact) mass is 472 g/mol. The number of ether oxygens (including phenoxy) is 1. The van der Waals surface area contributed by atoms with Crippen LogP contribution < -0.4 is 21.3 Å². The zero-order chi connectivity index (χ0) is 24.4. The second-order valence-electron chi connectivity index (χ2n) is 8.58. The van der Waals surface area contributed by atoms with E-state index < -0.39 is 6.10 Å². The van der Waals surface area contributed by atoms with E-state index >= 15 is 0 Å². The normalized spacial score (nSPS) is 17.9. The fourth-order valence-corrected chi connectivity index (χ4v) is 4.17. The Balaban J connectivity index is 1.38. The fraction of sp³-hybridized carbons (Fsp3) is 0.280. The molecule has 5 N–H and O–H groups in total. The van der Waals surface area contributed by atoms with Gasteiger partial charge >= 0.3 is 0 Å². The molecule has 10 nitrogen and oxygen atoms in total. The van der Waals surface area contributed by atoms with Gasteiger partial charge in [-0.2, -0.15) is 10.1 Å². The Morgan fingerprint density at radius 2 is 2.03 bits per heavy atom. The summed E-state index contributed by atoms with van der Waals surface area (Å²) in [5, 5.41) is 13.9. The number of H-pyrrole nitrogens is 1. The van der Waals surface area contributed by atoms with Crippen molar-refractivity contribution < 1.29 is 9.53 Å². The van der Waals surface area contributed by atoms with Gasteiger partial charge in [0.15, 0.2) is 11.9 Å². The minimum atomic E-state index is -0.601. The molecule has 10 heteroatoms. The Kier molecular flexibility index (Phi) is 6.19. The van der Waals surface area contributed by atoms with Crippen LogP contribution in [0.3, 0.4) is 0 Å². The zero-order valence-corrected chi connectivity index (χ0v) is 19.7. The first-order valence-corrected chi connectivity index (χ1v) is 11.5. The average Bonchev–Trinajstić information content (AvgIpc) is 3.27. The summed E-state index contributed by atoms with van der Waals surface area (Å²) in [6.45, 7) is 3.31. The zero-order valence-electron chi connectivity index (χ0n) is 19.7. The molecule has 4 aromatic rings. The van der Waals surface area contributed by atoms with Crippen LogP contribution in [0.2, 0.25) is 0 Å². The molecule has 0 radical (unpaired) electrons. The number of morpholine rings is 1. The number of nitrogens with two attached hydrogens (primary N) is 1. The SMILES string of the molecule is CNc1nc(-c2ccc3c(N)n[nH]c3c2)cc(N2CC(C(=O)NCc3ccccc3)OCC2C)n1. The number of amides is 1. The number of fused-ring (bicyclic) bond motifs is 1. The van der Waals surface area contributed by atoms with Crippen molar-refractivity contribution >= 4 is 34.4 Å². The van der Waals surface area contributed by atoms with Crippen molar-refractivity contribution in [3.8, 4) is 11.3 Å². The molecule has 0 aliphatic carbocycles. The van der Waals surface area contributed by atoms with Crippen molar-refractivity contribution in [2.75, 3.05) is 36.1 Å². The Labute approximate surface area is 202 Å². The van der Waals surface area contributed by atoms with E-state index in [4.69, 9.17) is 10.5 Å². The fourth-order valence-electron chi connectivity index (χ4n) is 4.17. The first kappa shape index (κ1) is 22.6. The summed E-state index contributed by atoms with van der Waals surface area (Å²) in [7, 11) is 1.78. The van der Waals surface area contributed by atoms with Crippen LogP contribution >= 0.6 is 0 Å². The molecule has 2 unspecified atom stereocenters. The van der Waals surface area contributed by atoms with E-state index in [0.717, 1.165) is 33.5 Å². The Morgan fingerprint density at radius 3 is 2.83 bits per heavy atom. The van der Waals surface area contributed by atoms with Gasteiger partial charge in [0.25, 0.3) is 5.91 Å². The highest BCUT2D eigenvalue weighted by atomic mass is 16.5. The van der Waals surface area contributed by atoms with E-state index in [1.165, 1.54) is 0 Å². The highest BCUT2D eigenvalue weighted by Gasteiger charge is 2.32. The number of nitrogen functional groups attached to an aromatic ring is 1. The number of carbonyl (C=O) groups is 1. The third-order valence-corrected chi connectivity index (χ3v) is 6.15. The quantitative estimate of drug-likeness (QED) is 0.336. The molecule has 180 valence electrons. The van der Waals surface area contributed by atoms with E-state index in [1.807, 2.05) is 54.6 Å². The first-order chi connectivity index (χ1) is 17.0. The van der Waals surface area contributed by atoms with Crippen molar-refractivity contribution in [3.05, 3.63) is 60.2 Å². The number of aromatic nitrogens is 4. The molecule has 1 aliphatic rings. The molecule has 3 heterocycles. The number of carbonyl (C=O) groups excluding carboxylic acids is 1. The van der Waals surface area contributed by atoms with Gasteiger partial charge in [0, 0.05) is 30.6 Å². The minimum Gasteiger partial charge on any atom is -0.382 e. The Bertz CT molecular complexity index is 1340. The molecule has 1 amide bonds. The lowest BCUT2D eigenvalue weighted by atomic mass is 10.1. The topological polar surface area (TPSA) is 134 Å². The van der Waals surface area contributed by atoms with E-state index in [-0.39, 0.29) is 11.9 Å². The van der Waals surface area contributed by atoms with Gasteiger partial charge in [-0.3, -0.25) is 9.89 Å². The number of aromatic amines is 1. The van der Waals surface area contributed by atoms with Crippen molar-refractivity contribution in [2.24, 2.45) is 0 Å². The van der Waals surface area contributed by atoms with Crippen LogP contribution in [-0.4, -0.2) is 58.4 Å². The van der Waals surface area contributed by atoms with Gasteiger partial charge in [-0.1, -0.05) is 36.4 Å². The molecule has 35 heavy (non-hydrogen) atoms. The lowest BCUT2D eigenvalue weighted by molar-refractivity contribution is -0.134. The van der Waals surface area contributed by atoms with Crippen molar-refractivity contribution in [1.29, 1.82) is 0 Å². The third-order valence-electron chi connectivity index (χ3n) is 6.15. The van der Waals surface area contributed by atoms with Crippen molar-refractivity contribution in [2.45, 2.75) is 25.6 Å². The molecular weight excluding hydrogens is 444 g/mol. The van der Waals surface area contributed by atoms with Crippen molar-refractivity contribution in [1.82, 2.24) is 25.5 Å².